The maximum atomic E-state index is 3.75. The Morgan fingerprint density at radius 3 is 2.58 bits per heavy atom. The molecule has 2 unspecified atom stereocenters. The molecule has 19 heavy (non-hydrogen) atoms. The SMILES string of the molecule is CCCC1CCCN(C(CCC)CNC2CC2)CC1. The van der Waals surface area contributed by atoms with Gasteiger partial charge in [0.15, 0.2) is 0 Å². The van der Waals surface area contributed by atoms with Crippen molar-refractivity contribution >= 4 is 0 Å². The Labute approximate surface area is 120 Å². The molecule has 1 aliphatic heterocycles. The first kappa shape index (κ1) is 15.3. The molecule has 2 atom stereocenters. The highest BCUT2D eigenvalue weighted by molar-refractivity contribution is 4.85. The van der Waals surface area contributed by atoms with E-state index >= 15 is 0 Å². The molecule has 2 aliphatic rings. The molecule has 1 heterocycles. The molecule has 2 heteroatoms. The Kier molecular flexibility index (Phi) is 6.66. The van der Waals surface area contributed by atoms with Crippen LogP contribution in [0.4, 0.5) is 0 Å². The van der Waals surface area contributed by atoms with Gasteiger partial charge in [0.05, 0.1) is 0 Å². The Hall–Kier alpha value is -0.0800. The topological polar surface area (TPSA) is 15.3 Å². The minimum Gasteiger partial charge on any atom is -0.312 e. The van der Waals surface area contributed by atoms with E-state index in [1.807, 2.05) is 0 Å². The molecule has 1 saturated heterocycles. The van der Waals surface area contributed by atoms with Gasteiger partial charge in [-0.25, -0.2) is 0 Å². The van der Waals surface area contributed by atoms with E-state index < -0.39 is 0 Å². The summed E-state index contributed by atoms with van der Waals surface area (Å²) in [6.07, 6.45) is 12.7. The van der Waals surface area contributed by atoms with E-state index in [-0.39, 0.29) is 0 Å². The standard InChI is InChI=1S/C17H34N2/c1-3-6-15-8-5-12-19(13-11-15)17(7-4-2)14-18-16-9-10-16/h15-18H,3-14H2,1-2H3. The molecule has 0 amide bonds. The summed E-state index contributed by atoms with van der Waals surface area (Å²) < 4.78 is 0. The summed E-state index contributed by atoms with van der Waals surface area (Å²) >= 11 is 0. The van der Waals surface area contributed by atoms with Gasteiger partial charge in [-0.1, -0.05) is 33.1 Å². The largest absolute Gasteiger partial charge is 0.312 e. The Morgan fingerprint density at radius 2 is 1.89 bits per heavy atom. The third kappa shape index (κ3) is 5.43. The van der Waals surface area contributed by atoms with Gasteiger partial charge in [-0.05, 0) is 57.5 Å². The first-order chi connectivity index (χ1) is 9.33. The third-order valence-electron chi connectivity index (χ3n) is 4.94. The van der Waals surface area contributed by atoms with Crippen molar-refractivity contribution in [2.75, 3.05) is 19.6 Å². The Morgan fingerprint density at radius 1 is 1.05 bits per heavy atom. The Balaban J connectivity index is 1.77. The molecule has 2 rings (SSSR count). The number of rotatable bonds is 8. The molecule has 0 bridgehead atoms. The van der Waals surface area contributed by atoms with E-state index in [1.54, 1.807) is 0 Å². The van der Waals surface area contributed by atoms with Crippen LogP contribution in [0.5, 0.6) is 0 Å². The van der Waals surface area contributed by atoms with Crippen LogP contribution in [0.3, 0.4) is 0 Å². The van der Waals surface area contributed by atoms with E-state index in [1.165, 1.54) is 77.4 Å². The highest BCUT2D eigenvalue weighted by Gasteiger charge is 2.25. The fourth-order valence-corrected chi connectivity index (χ4v) is 3.59. The number of nitrogens with zero attached hydrogens (tertiary/aromatic N) is 1. The maximum Gasteiger partial charge on any atom is 0.0220 e. The van der Waals surface area contributed by atoms with Gasteiger partial charge in [-0.15, -0.1) is 0 Å². The molecule has 2 nitrogen and oxygen atoms in total. The predicted molar refractivity (Wildman–Crippen MR) is 83.5 cm³/mol. The fraction of sp³-hybridized carbons (Fsp3) is 1.00. The normalized spacial score (nSPS) is 27.2. The molecule has 0 radical (unpaired) electrons. The van der Waals surface area contributed by atoms with Crippen LogP contribution >= 0.6 is 0 Å². The minimum atomic E-state index is 0.797. The van der Waals surface area contributed by atoms with Crippen LogP contribution in [0.1, 0.15) is 71.6 Å². The van der Waals surface area contributed by atoms with Crippen LogP contribution in [0, 0.1) is 5.92 Å². The summed E-state index contributed by atoms with van der Waals surface area (Å²) in [7, 11) is 0. The zero-order chi connectivity index (χ0) is 13.5. The van der Waals surface area contributed by atoms with Crippen molar-refractivity contribution in [3.8, 4) is 0 Å². The fourth-order valence-electron chi connectivity index (χ4n) is 3.59. The zero-order valence-electron chi connectivity index (χ0n) is 13.2. The van der Waals surface area contributed by atoms with Crippen molar-refractivity contribution in [3.63, 3.8) is 0 Å². The smallest absolute Gasteiger partial charge is 0.0220 e. The highest BCUT2D eigenvalue weighted by atomic mass is 15.2. The second-order valence-electron chi connectivity index (χ2n) is 6.75. The van der Waals surface area contributed by atoms with Crippen LogP contribution in [-0.2, 0) is 0 Å². The number of hydrogen-bond donors (Lipinski definition) is 1. The third-order valence-corrected chi connectivity index (χ3v) is 4.94. The van der Waals surface area contributed by atoms with E-state index in [2.05, 4.69) is 24.1 Å². The lowest BCUT2D eigenvalue weighted by molar-refractivity contribution is 0.185. The Bertz CT molecular complexity index is 237. The summed E-state index contributed by atoms with van der Waals surface area (Å²) in [5, 5.41) is 3.75. The van der Waals surface area contributed by atoms with Crippen LogP contribution in [0.15, 0.2) is 0 Å². The lowest BCUT2D eigenvalue weighted by Crippen LogP contribution is -2.43. The second kappa shape index (κ2) is 8.26. The van der Waals surface area contributed by atoms with E-state index in [0.717, 1.165) is 18.0 Å². The molecule has 1 N–H and O–H groups in total. The molecule has 0 aromatic heterocycles. The molecule has 112 valence electrons. The molecule has 1 aliphatic carbocycles. The van der Waals surface area contributed by atoms with E-state index in [0.29, 0.717) is 0 Å². The molecule has 0 aromatic rings. The van der Waals surface area contributed by atoms with Gasteiger partial charge in [0.1, 0.15) is 0 Å². The number of nitrogens with one attached hydrogen (secondary N) is 1. The van der Waals surface area contributed by atoms with Gasteiger partial charge < -0.3 is 5.32 Å². The quantitative estimate of drug-likeness (QED) is 0.718. The summed E-state index contributed by atoms with van der Waals surface area (Å²) in [6.45, 7) is 8.60. The minimum absolute atomic E-state index is 0.797. The molecule has 0 spiro atoms. The van der Waals surface area contributed by atoms with Gasteiger partial charge >= 0.3 is 0 Å². The highest BCUT2D eigenvalue weighted by Crippen LogP contribution is 2.24. The molecule has 1 saturated carbocycles. The number of hydrogen-bond acceptors (Lipinski definition) is 2. The molecular weight excluding hydrogens is 232 g/mol. The summed E-state index contributed by atoms with van der Waals surface area (Å²) in [5.41, 5.74) is 0. The van der Waals surface area contributed by atoms with Crippen molar-refractivity contribution in [3.05, 3.63) is 0 Å². The monoisotopic (exact) mass is 266 g/mol. The van der Waals surface area contributed by atoms with Crippen LogP contribution < -0.4 is 5.32 Å². The van der Waals surface area contributed by atoms with Crippen molar-refractivity contribution in [2.45, 2.75) is 83.7 Å². The molecule has 0 aromatic carbocycles. The van der Waals surface area contributed by atoms with Gasteiger partial charge in [-0.2, -0.15) is 0 Å². The first-order valence-corrected chi connectivity index (χ1v) is 8.80. The van der Waals surface area contributed by atoms with Crippen LogP contribution in [0.25, 0.3) is 0 Å². The van der Waals surface area contributed by atoms with Gasteiger partial charge in [0, 0.05) is 18.6 Å². The average molecular weight is 266 g/mol. The van der Waals surface area contributed by atoms with Gasteiger partial charge in [0.25, 0.3) is 0 Å². The predicted octanol–water partition coefficient (Wildman–Crippen LogP) is 3.81. The van der Waals surface area contributed by atoms with E-state index in [4.69, 9.17) is 0 Å². The molecule has 2 fully saturated rings. The first-order valence-electron chi connectivity index (χ1n) is 8.80. The van der Waals surface area contributed by atoms with Crippen LogP contribution in [-0.4, -0.2) is 36.6 Å². The molecular formula is C17H34N2. The average Bonchev–Trinajstić information content (AvgIpc) is 3.22. The van der Waals surface area contributed by atoms with Gasteiger partial charge in [-0.3, -0.25) is 4.90 Å². The number of likely N-dealkylation sites (tertiary alicyclic amines) is 1. The van der Waals surface area contributed by atoms with Gasteiger partial charge in [0.2, 0.25) is 0 Å². The zero-order valence-corrected chi connectivity index (χ0v) is 13.2. The van der Waals surface area contributed by atoms with Crippen molar-refractivity contribution in [1.29, 1.82) is 0 Å². The summed E-state index contributed by atoms with van der Waals surface area (Å²) in [6, 6.07) is 1.66. The lowest BCUT2D eigenvalue weighted by atomic mass is 9.96. The van der Waals surface area contributed by atoms with Crippen molar-refractivity contribution in [1.82, 2.24) is 10.2 Å². The van der Waals surface area contributed by atoms with Crippen LogP contribution in [0.2, 0.25) is 0 Å². The second-order valence-corrected chi connectivity index (χ2v) is 6.75. The van der Waals surface area contributed by atoms with Crippen molar-refractivity contribution < 1.29 is 0 Å². The van der Waals surface area contributed by atoms with Crippen molar-refractivity contribution in [2.24, 2.45) is 5.92 Å². The maximum absolute atomic E-state index is 3.75. The lowest BCUT2D eigenvalue weighted by Gasteiger charge is -2.31. The summed E-state index contributed by atoms with van der Waals surface area (Å²) in [5.74, 6) is 1.01. The van der Waals surface area contributed by atoms with E-state index in [9.17, 15) is 0 Å². The summed E-state index contributed by atoms with van der Waals surface area (Å²) in [4.78, 5) is 2.80.